The third kappa shape index (κ3) is 2.94. The summed E-state index contributed by atoms with van der Waals surface area (Å²) in [5.74, 6) is 1.48. The molecule has 0 saturated carbocycles. The van der Waals surface area contributed by atoms with E-state index in [1.807, 2.05) is 38.1 Å². The molecule has 1 aromatic carbocycles. The van der Waals surface area contributed by atoms with Gasteiger partial charge in [0.2, 0.25) is 0 Å². The third-order valence-corrected chi connectivity index (χ3v) is 2.46. The molecular weight excluding hydrogens is 230 g/mol. The first-order valence-electron chi connectivity index (χ1n) is 5.87. The van der Waals surface area contributed by atoms with Crippen LogP contribution in [0.2, 0.25) is 0 Å². The van der Waals surface area contributed by atoms with Crippen LogP contribution in [0.25, 0.3) is 0 Å². The number of aryl methyl sites for hydroxylation is 1. The highest BCUT2D eigenvalue weighted by atomic mass is 16.5. The Bertz CT molecular complexity index is 523. The molecule has 18 heavy (non-hydrogen) atoms. The summed E-state index contributed by atoms with van der Waals surface area (Å²) in [6, 6.07) is 7.50. The first-order valence-corrected chi connectivity index (χ1v) is 5.87. The van der Waals surface area contributed by atoms with E-state index in [2.05, 4.69) is 10.5 Å². The zero-order chi connectivity index (χ0) is 13.0. The van der Waals surface area contributed by atoms with Gasteiger partial charge in [0.15, 0.2) is 5.76 Å². The Hall–Kier alpha value is -2.17. The second kappa shape index (κ2) is 5.44. The van der Waals surface area contributed by atoms with Crippen LogP contribution >= 0.6 is 0 Å². The minimum Gasteiger partial charge on any atom is -0.492 e. The Morgan fingerprint density at radius 3 is 2.89 bits per heavy atom. The highest BCUT2D eigenvalue weighted by Crippen LogP contribution is 2.25. The zero-order valence-electron chi connectivity index (χ0n) is 10.6. The summed E-state index contributed by atoms with van der Waals surface area (Å²) in [4.78, 5) is 0. The largest absolute Gasteiger partial charge is 0.492 e. The first kappa shape index (κ1) is 12.3. The van der Waals surface area contributed by atoms with Crippen molar-refractivity contribution in [2.45, 2.75) is 20.4 Å². The molecular formula is C13H17N3O2. The summed E-state index contributed by atoms with van der Waals surface area (Å²) in [5, 5.41) is 7.06. The van der Waals surface area contributed by atoms with Crippen LogP contribution in [0.15, 0.2) is 28.8 Å². The molecule has 0 bridgehead atoms. The van der Waals surface area contributed by atoms with Crippen LogP contribution in [0.5, 0.6) is 5.75 Å². The molecule has 3 N–H and O–H groups in total. The topological polar surface area (TPSA) is 73.3 Å². The molecule has 0 amide bonds. The van der Waals surface area contributed by atoms with Crippen molar-refractivity contribution in [3.63, 3.8) is 0 Å². The van der Waals surface area contributed by atoms with Gasteiger partial charge in [0, 0.05) is 17.8 Å². The standard InChI is InChI=1S/C13H17N3O2/c1-3-17-13-7-10(4-5-12(13)14)15-8-11-6-9(2)16-18-11/h4-7,15H,3,8,14H2,1-2H3. The lowest BCUT2D eigenvalue weighted by Gasteiger charge is -2.10. The van der Waals surface area contributed by atoms with E-state index in [4.69, 9.17) is 15.0 Å². The molecule has 0 atom stereocenters. The van der Waals surface area contributed by atoms with E-state index in [0.29, 0.717) is 24.6 Å². The minimum atomic E-state index is 0.580. The highest BCUT2D eigenvalue weighted by Gasteiger charge is 2.03. The van der Waals surface area contributed by atoms with E-state index in [0.717, 1.165) is 17.1 Å². The van der Waals surface area contributed by atoms with Crippen molar-refractivity contribution >= 4 is 11.4 Å². The fourth-order valence-electron chi connectivity index (χ4n) is 1.61. The molecule has 0 unspecified atom stereocenters. The highest BCUT2D eigenvalue weighted by molar-refractivity contribution is 5.61. The van der Waals surface area contributed by atoms with Gasteiger partial charge in [-0.3, -0.25) is 0 Å². The van der Waals surface area contributed by atoms with Gasteiger partial charge in [-0.25, -0.2) is 0 Å². The second-order valence-corrected chi connectivity index (χ2v) is 3.97. The quantitative estimate of drug-likeness (QED) is 0.794. The van der Waals surface area contributed by atoms with E-state index in [1.54, 1.807) is 0 Å². The number of nitrogen functional groups attached to an aromatic ring is 1. The van der Waals surface area contributed by atoms with Crippen molar-refractivity contribution in [3.8, 4) is 5.75 Å². The lowest BCUT2D eigenvalue weighted by atomic mass is 10.2. The van der Waals surface area contributed by atoms with E-state index in [1.165, 1.54) is 0 Å². The summed E-state index contributed by atoms with van der Waals surface area (Å²) in [6.45, 7) is 4.99. The monoisotopic (exact) mass is 247 g/mol. The van der Waals surface area contributed by atoms with Crippen LogP contribution in [0, 0.1) is 6.92 Å². The van der Waals surface area contributed by atoms with Crippen LogP contribution in [0.4, 0.5) is 11.4 Å². The Labute approximate surface area is 106 Å². The molecule has 2 aromatic rings. The van der Waals surface area contributed by atoms with Gasteiger partial charge in [-0.15, -0.1) is 0 Å². The number of ether oxygens (including phenoxy) is 1. The number of hydrogen-bond acceptors (Lipinski definition) is 5. The van der Waals surface area contributed by atoms with E-state index >= 15 is 0 Å². The van der Waals surface area contributed by atoms with Crippen molar-refractivity contribution in [1.29, 1.82) is 0 Å². The van der Waals surface area contributed by atoms with Crippen molar-refractivity contribution < 1.29 is 9.26 Å². The molecule has 0 aliphatic carbocycles. The smallest absolute Gasteiger partial charge is 0.156 e. The van der Waals surface area contributed by atoms with Crippen LogP contribution in [0.3, 0.4) is 0 Å². The second-order valence-electron chi connectivity index (χ2n) is 3.97. The van der Waals surface area contributed by atoms with E-state index in [-0.39, 0.29) is 0 Å². The molecule has 0 aliphatic rings. The van der Waals surface area contributed by atoms with Crippen molar-refractivity contribution in [2.75, 3.05) is 17.7 Å². The lowest BCUT2D eigenvalue weighted by Crippen LogP contribution is -2.01. The number of nitrogens with two attached hydrogens (primary N) is 1. The predicted octanol–water partition coefficient (Wildman–Crippen LogP) is 2.58. The number of hydrogen-bond donors (Lipinski definition) is 2. The Morgan fingerprint density at radius 1 is 1.39 bits per heavy atom. The molecule has 1 aromatic heterocycles. The number of rotatable bonds is 5. The summed E-state index contributed by atoms with van der Waals surface area (Å²) < 4.78 is 10.6. The maximum atomic E-state index is 5.80. The Kier molecular flexibility index (Phi) is 3.72. The van der Waals surface area contributed by atoms with Gasteiger partial charge < -0.3 is 20.3 Å². The average Bonchev–Trinajstić information content (AvgIpc) is 2.76. The van der Waals surface area contributed by atoms with Gasteiger partial charge in [-0.2, -0.15) is 0 Å². The molecule has 0 aliphatic heterocycles. The molecule has 2 rings (SSSR count). The number of anilines is 2. The molecule has 5 nitrogen and oxygen atoms in total. The van der Waals surface area contributed by atoms with Crippen molar-refractivity contribution in [3.05, 3.63) is 35.7 Å². The average molecular weight is 247 g/mol. The Balaban J connectivity index is 2.03. The van der Waals surface area contributed by atoms with E-state index < -0.39 is 0 Å². The van der Waals surface area contributed by atoms with Gasteiger partial charge in [0.1, 0.15) is 5.75 Å². The van der Waals surface area contributed by atoms with Crippen molar-refractivity contribution in [2.24, 2.45) is 0 Å². The molecule has 5 heteroatoms. The van der Waals surface area contributed by atoms with Gasteiger partial charge >= 0.3 is 0 Å². The number of nitrogens with zero attached hydrogens (tertiary/aromatic N) is 1. The first-order chi connectivity index (χ1) is 8.69. The number of benzene rings is 1. The lowest BCUT2D eigenvalue weighted by molar-refractivity contribution is 0.342. The summed E-state index contributed by atoms with van der Waals surface area (Å²) >= 11 is 0. The van der Waals surface area contributed by atoms with Gasteiger partial charge in [0.25, 0.3) is 0 Å². The van der Waals surface area contributed by atoms with Crippen LogP contribution in [-0.2, 0) is 6.54 Å². The normalized spacial score (nSPS) is 10.3. The minimum absolute atomic E-state index is 0.580. The van der Waals surface area contributed by atoms with E-state index in [9.17, 15) is 0 Å². The number of nitrogens with one attached hydrogen (secondary N) is 1. The van der Waals surface area contributed by atoms with Gasteiger partial charge in [-0.1, -0.05) is 5.16 Å². The van der Waals surface area contributed by atoms with Crippen molar-refractivity contribution in [1.82, 2.24) is 5.16 Å². The molecule has 0 radical (unpaired) electrons. The van der Waals surface area contributed by atoms with Crippen LogP contribution in [0.1, 0.15) is 18.4 Å². The van der Waals surface area contributed by atoms with Gasteiger partial charge in [0.05, 0.1) is 24.5 Å². The molecule has 0 fully saturated rings. The molecule has 0 spiro atoms. The molecule has 0 saturated heterocycles. The fraction of sp³-hybridized carbons (Fsp3) is 0.308. The zero-order valence-corrected chi connectivity index (χ0v) is 10.6. The maximum absolute atomic E-state index is 5.80. The molecule has 1 heterocycles. The Morgan fingerprint density at radius 2 is 2.22 bits per heavy atom. The SMILES string of the molecule is CCOc1cc(NCc2cc(C)no2)ccc1N. The summed E-state index contributed by atoms with van der Waals surface area (Å²) in [7, 11) is 0. The van der Waals surface area contributed by atoms with Crippen LogP contribution < -0.4 is 15.8 Å². The van der Waals surface area contributed by atoms with Gasteiger partial charge in [-0.05, 0) is 26.0 Å². The fourth-order valence-corrected chi connectivity index (χ4v) is 1.61. The predicted molar refractivity (Wildman–Crippen MR) is 70.6 cm³/mol. The summed E-state index contributed by atoms with van der Waals surface area (Å²) in [6.07, 6.45) is 0. The van der Waals surface area contributed by atoms with Crippen LogP contribution in [-0.4, -0.2) is 11.8 Å². The molecule has 96 valence electrons. The number of aromatic nitrogens is 1. The third-order valence-electron chi connectivity index (χ3n) is 2.46. The summed E-state index contributed by atoms with van der Waals surface area (Å²) in [5.41, 5.74) is 8.25. The maximum Gasteiger partial charge on any atom is 0.156 e.